The van der Waals surface area contributed by atoms with Gasteiger partial charge in [0.1, 0.15) is 5.75 Å². The zero-order valence-electron chi connectivity index (χ0n) is 11.1. The first-order valence-corrected chi connectivity index (χ1v) is 6.55. The Balaban J connectivity index is 2.20. The number of halogens is 1. The van der Waals surface area contributed by atoms with E-state index in [4.69, 9.17) is 16.3 Å². The van der Waals surface area contributed by atoms with Gasteiger partial charge in [-0.3, -0.25) is 0 Å². The van der Waals surface area contributed by atoms with E-state index in [9.17, 15) is 5.11 Å². The lowest BCUT2D eigenvalue weighted by molar-refractivity contribution is 0.178. The van der Waals surface area contributed by atoms with Gasteiger partial charge in [0.05, 0.1) is 13.2 Å². The van der Waals surface area contributed by atoms with Crippen molar-refractivity contribution in [1.82, 2.24) is 0 Å². The summed E-state index contributed by atoms with van der Waals surface area (Å²) in [5.74, 6) is 0.788. The third-order valence-electron chi connectivity index (χ3n) is 3.19. The number of rotatable bonds is 4. The van der Waals surface area contributed by atoms with E-state index < -0.39 is 6.10 Å². The first kappa shape index (κ1) is 13.9. The minimum absolute atomic E-state index is 0.492. The average Bonchev–Trinajstić information content (AvgIpc) is 2.42. The van der Waals surface area contributed by atoms with E-state index in [1.807, 2.05) is 49.4 Å². The van der Waals surface area contributed by atoms with E-state index in [1.165, 1.54) is 0 Å². The molecule has 0 aliphatic heterocycles. The zero-order chi connectivity index (χ0) is 13.8. The fraction of sp³-hybridized carbons (Fsp3) is 0.250. The predicted octanol–water partition coefficient (Wildman–Crippen LogP) is 3.93. The molecule has 0 saturated carbocycles. The summed E-state index contributed by atoms with van der Waals surface area (Å²) in [6, 6.07) is 13.3. The fourth-order valence-electron chi connectivity index (χ4n) is 2.03. The molecule has 19 heavy (non-hydrogen) atoms. The topological polar surface area (TPSA) is 29.5 Å². The number of hydrogen-bond acceptors (Lipinski definition) is 2. The molecule has 0 aliphatic rings. The minimum atomic E-state index is -0.589. The molecule has 1 N–H and O–H groups in total. The number of aryl methyl sites for hydroxylation is 1. The highest BCUT2D eigenvalue weighted by Crippen LogP contribution is 2.27. The molecule has 2 aromatic carbocycles. The third kappa shape index (κ3) is 3.28. The molecule has 2 rings (SSSR count). The van der Waals surface area contributed by atoms with Crippen LogP contribution in [0.3, 0.4) is 0 Å². The van der Waals surface area contributed by atoms with Crippen molar-refractivity contribution in [3.05, 3.63) is 64.2 Å². The predicted molar refractivity (Wildman–Crippen MR) is 77.8 cm³/mol. The molecule has 0 heterocycles. The van der Waals surface area contributed by atoms with Crippen LogP contribution in [-0.2, 0) is 6.42 Å². The summed E-state index contributed by atoms with van der Waals surface area (Å²) in [7, 11) is 1.63. The van der Waals surface area contributed by atoms with E-state index in [-0.39, 0.29) is 0 Å². The molecule has 0 fully saturated rings. The van der Waals surface area contributed by atoms with Gasteiger partial charge in [-0.05, 0) is 35.7 Å². The third-order valence-corrected chi connectivity index (χ3v) is 3.56. The van der Waals surface area contributed by atoms with Crippen LogP contribution in [0.2, 0.25) is 5.02 Å². The largest absolute Gasteiger partial charge is 0.496 e. The van der Waals surface area contributed by atoms with Gasteiger partial charge in [0.2, 0.25) is 0 Å². The van der Waals surface area contributed by atoms with Crippen molar-refractivity contribution in [3.8, 4) is 5.75 Å². The van der Waals surface area contributed by atoms with Crippen LogP contribution in [-0.4, -0.2) is 12.2 Å². The first-order chi connectivity index (χ1) is 9.11. The second kappa shape index (κ2) is 6.09. The van der Waals surface area contributed by atoms with Crippen molar-refractivity contribution < 1.29 is 9.84 Å². The molecule has 0 bridgehead atoms. The molecule has 1 unspecified atom stereocenters. The van der Waals surface area contributed by atoms with Crippen molar-refractivity contribution in [3.63, 3.8) is 0 Å². The molecule has 2 aromatic rings. The standard InChI is InChI=1S/C16H17ClO2/c1-11-7-8-13(10-16(11)19-2)15(18)9-12-5-3-4-6-14(12)17/h3-8,10,15,18H,9H2,1-2H3. The van der Waals surface area contributed by atoms with Gasteiger partial charge in [0.15, 0.2) is 0 Å². The van der Waals surface area contributed by atoms with E-state index in [0.717, 1.165) is 22.4 Å². The Hall–Kier alpha value is -1.51. The molecule has 3 heteroatoms. The van der Waals surface area contributed by atoms with E-state index in [2.05, 4.69) is 0 Å². The molecule has 0 radical (unpaired) electrons. The van der Waals surface area contributed by atoms with Crippen molar-refractivity contribution in [2.75, 3.05) is 7.11 Å². The van der Waals surface area contributed by atoms with Crippen molar-refractivity contribution in [2.24, 2.45) is 0 Å². The van der Waals surface area contributed by atoms with E-state index >= 15 is 0 Å². The quantitative estimate of drug-likeness (QED) is 0.917. The fourth-order valence-corrected chi connectivity index (χ4v) is 2.25. The lowest BCUT2D eigenvalue weighted by Crippen LogP contribution is -2.03. The summed E-state index contributed by atoms with van der Waals surface area (Å²) >= 11 is 6.10. The van der Waals surface area contributed by atoms with Gasteiger partial charge in [0.25, 0.3) is 0 Å². The number of benzene rings is 2. The second-order valence-electron chi connectivity index (χ2n) is 4.54. The lowest BCUT2D eigenvalue weighted by atomic mass is 10.00. The van der Waals surface area contributed by atoms with Gasteiger partial charge in [-0.2, -0.15) is 0 Å². The second-order valence-corrected chi connectivity index (χ2v) is 4.95. The highest BCUT2D eigenvalue weighted by molar-refractivity contribution is 6.31. The SMILES string of the molecule is COc1cc(C(O)Cc2ccccc2Cl)ccc1C. The van der Waals surface area contributed by atoms with Crippen LogP contribution in [0.5, 0.6) is 5.75 Å². The maximum Gasteiger partial charge on any atom is 0.122 e. The molecule has 100 valence electrons. The molecule has 0 spiro atoms. The van der Waals surface area contributed by atoms with Crippen LogP contribution in [0.25, 0.3) is 0 Å². The number of methoxy groups -OCH3 is 1. The maximum absolute atomic E-state index is 10.3. The highest BCUT2D eigenvalue weighted by atomic mass is 35.5. The lowest BCUT2D eigenvalue weighted by Gasteiger charge is -2.14. The summed E-state index contributed by atoms with van der Waals surface area (Å²) in [5, 5.41) is 11.0. The monoisotopic (exact) mass is 276 g/mol. The molecular weight excluding hydrogens is 260 g/mol. The highest BCUT2D eigenvalue weighted by Gasteiger charge is 2.12. The normalized spacial score (nSPS) is 12.2. The number of aliphatic hydroxyl groups excluding tert-OH is 1. The van der Waals surface area contributed by atoms with Gasteiger partial charge in [-0.25, -0.2) is 0 Å². The van der Waals surface area contributed by atoms with Gasteiger partial charge in [-0.15, -0.1) is 0 Å². The van der Waals surface area contributed by atoms with Gasteiger partial charge in [-0.1, -0.05) is 41.9 Å². The van der Waals surface area contributed by atoms with E-state index in [0.29, 0.717) is 11.4 Å². The Morgan fingerprint density at radius 3 is 2.63 bits per heavy atom. The Kier molecular flexibility index (Phi) is 4.46. The summed E-state index contributed by atoms with van der Waals surface area (Å²) < 4.78 is 5.27. The van der Waals surface area contributed by atoms with Gasteiger partial charge >= 0.3 is 0 Å². The Bertz CT molecular complexity index is 566. The molecule has 0 amide bonds. The molecule has 2 nitrogen and oxygen atoms in total. The zero-order valence-corrected chi connectivity index (χ0v) is 11.8. The number of aliphatic hydroxyl groups is 1. The van der Waals surface area contributed by atoms with E-state index in [1.54, 1.807) is 7.11 Å². The van der Waals surface area contributed by atoms with Crippen molar-refractivity contribution in [1.29, 1.82) is 0 Å². The summed E-state index contributed by atoms with van der Waals surface area (Å²) in [4.78, 5) is 0. The van der Waals surface area contributed by atoms with Crippen LogP contribution >= 0.6 is 11.6 Å². The van der Waals surface area contributed by atoms with Crippen LogP contribution in [0.4, 0.5) is 0 Å². The smallest absolute Gasteiger partial charge is 0.122 e. The van der Waals surface area contributed by atoms with Gasteiger partial charge < -0.3 is 9.84 Å². The number of hydrogen-bond donors (Lipinski definition) is 1. The summed E-state index contributed by atoms with van der Waals surface area (Å²) in [6.45, 7) is 1.98. The minimum Gasteiger partial charge on any atom is -0.496 e. The van der Waals surface area contributed by atoms with Crippen LogP contribution in [0, 0.1) is 6.92 Å². The first-order valence-electron chi connectivity index (χ1n) is 6.18. The molecule has 0 aliphatic carbocycles. The van der Waals surface area contributed by atoms with Crippen molar-refractivity contribution >= 4 is 11.6 Å². The van der Waals surface area contributed by atoms with Gasteiger partial charge in [0, 0.05) is 11.4 Å². The van der Waals surface area contributed by atoms with Crippen molar-refractivity contribution in [2.45, 2.75) is 19.4 Å². The molecular formula is C16H17ClO2. The maximum atomic E-state index is 10.3. The Morgan fingerprint density at radius 1 is 1.21 bits per heavy atom. The molecule has 0 aromatic heterocycles. The summed E-state index contributed by atoms with van der Waals surface area (Å²) in [5.41, 5.74) is 2.83. The Labute approximate surface area is 118 Å². The molecule has 1 atom stereocenters. The average molecular weight is 277 g/mol. The van der Waals surface area contributed by atoms with Crippen LogP contribution in [0.15, 0.2) is 42.5 Å². The summed E-state index contributed by atoms with van der Waals surface area (Å²) in [6.07, 6.45) is -0.0966. The Morgan fingerprint density at radius 2 is 1.95 bits per heavy atom. The molecule has 0 saturated heterocycles. The number of ether oxygens (including phenoxy) is 1. The van der Waals surface area contributed by atoms with Crippen LogP contribution < -0.4 is 4.74 Å². The van der Waals surface area contributed by atoms with Crippen LogP contribution in [0.1, 0.15) is 22.8 Å².